The van der Waals surface area contributed by atoms with Crippen LogP contribution in [0.2, 0.25) is 0 Å². The Morgan fingerprint density at radius 1 is 1.19 bits per heavy atom. The van der Waals surface area contributed by atoms with Crippen LogP contribution in [-0.2, 0) is 24.1 Å². The van der Waals surface area contributed by atoms with Gasteiger partial charge in [-0.3, -0.25) is 4.90 Å². The molecule has 1 heterocycles. The van der Waals surface area contributed by atoms with E-state index in [1.165, 1.54) is 11.1 Å². The number of carbonyl (C=O) groups excluding carboxylic acids is 1. The second-order valence-corrected chi connectivity index (χ2v) is 9.01. The first-order chi connectivity index (χ1) is 14.6. The van der Waals surface area contributed by atoms with E-state index in [2.05, 4.69) is 22.3 Å². The highest BCUT2D eigenvalue weighted by molar-refractivity contribution is 5.68. The summed E-state index contributed by atoms with van der Waals surface area (Å²) in [6.07, 6.45) is -0.905. The lowest BCUT2D eigenvalue weighted by Gasteiger charge is -2.33. The van der Waals surface area contributed by atoms with Crippen molar-refractivity contribution in [1.29, 1.82) is 0 Å². The van der Waals surface area contributed by atoms with Crippen molar-refractivity contribution in [1.82, 2.24) is 10.2 Å². The van der Waals surface area contributed by atoms with E-state index in [1.807, 2.05) is 12.1 Å². The molecule has 0 unspecified atom stereocenters. The van der Waals surface area contributed by atoms with Gasteiger partial charge in [-0.05, 0) is 68.5 Å². The molecule has 3 rings (SSSR count). The fourth-order valence-corrected chi connectivity index (χ4v) is 3.78. The summed E-state index contributed by atoms with van der Waals surface area (Å²) in [6, 6.07) is 10.5. The van der Waals surface area contributed by atoms with Crippen molar-refractivity contribution in [2.75, 3.05) is 13.1 Å². The molecular formula is C24H30F2N2O3. The van der Waals surface area contributed by atoms with Gasteiger partial charge in [-0.15, -0.1) is 0 Å². The van der Waals surface area contributed by atoms with Crippen LogP contribution in [0.3, 0.4) is 0 Å². The van der Waals surface area contributed by atoms with Gasteiger partial charge in [0, 0.05) is 19.6 Å². The van der Waals surface area contributed by atoms with Crippen molar-refractivity contribution in [3.05, 3.63) is 70.8 Å². The average Bonchev–Trinajstić information content (AvgIpc) is 2.68. The smallest absolute Gasteiger partial charge is 0.407 e. The number of β-amino-alcohol motifs (C(OH)–C–C–N with tert-alkyl or cyclic N) is 1. The first-order valence-corrected chi connectivity index (χ1v) is 10.5. The fourth-order valence-electron chi connectivity index (χ4n) is 3.78. The monoisotopic (exact) mass is 432 g/mol. The number of alkyl carbamates (subject to hydrolysis) is 1. The van der Waals surface area contributed by atoms with E-state index in [0.29, 0.717) is 6.54 Å². The first kappa shape index (κ1) is 23.2. The van der Waals surface area contributed by atoms with E-state index in [-0.39, 0.29) is 18.5 Å². The van der Waals surface area contributed by atoms with Crippen LogP contribution in [0, 0.1) is 11.6 Å². The number of aliphatic hydroxyl groups excluding tert-OH is 1. The number of hydrogen-bond donors (Lipinski definition) is 2. The molecule has 1 aliphatic heterocycles. The largest absolute Gasteiger partial charge is 0.444 e. The molecule has 2 aromatic rings. The minimum atomic E-state index is -1.000. The Bertz CT molecular complexity index is 914. The Morgan fingerprint density at radius 3 is 2.61 bits per heavy atom. The van der Waals surface area contributed by atoms with Crippen LogP contribution >= 0.6 is 0 Å². The molecule has 2 N–H and O–H groups in total. The van der Waals surface area contributed by atoms with Gasteiger partial charge in [-0.2, -0.15) is 0 Å². The van der Waals surface area contributed by atoms with Gasteiger partial charge in [0.25, 0.3) is 0 Å². The molecule has 7 heteroatoms. The summed E-state index contributed by atoms with van der Waals surface area (Å²) >= 11 is 0. The van der Waals surface area contributed by atoms with Crippen molar-refractivity contribution >= 4 is 6.09 Å². The Balaban J connectivity index is 1.73. The predicted octanol–water partition coefficient (Wildman–Crippen LogP) is 3.82. The summed E-state index contributed by atoms with van der Waals surface area (Å²) in [6.45, 7) is 6.92. The van der Waals surface area contributed by atoms with Crippen LogP contribution in [0.15, 0.2) is 42.5 Å². The molecule has 0 saturated carbocycles. The predicted molar refractivity (Wildman–Crippen MR) is 115 cm³/mol. The van der Waals surface area contributed by atoms with Crippen LogP contribution in [0.25, 0.3) is 0 Å². The van der Waals surface area contributed by atoms with E-state index in [0.717, 1.165) is 31.2 Å². The number of ether oxygens (including phenoxy) is 1. The summed E-state index contributed by atoms with van der Waals surface area (Å²) in [5, 5.41) is 13.6. The van der Waals surface area contributed by atoms with Gasteiger partial charge in [-0.25, -0.2) is 13.6 Å². The van der Waals surface area contributed by atoms with Crippen LogP contribution in [0.5, 0.6) is 0 Å². The number of nitrogens with one attached hydrogen (secondary N) is 1. The molecule has 0 saturated heterocycles. The van der Waals surface area contributed by atoms with Crippen molar-refractivity contribution in [3.63, 3.8) is 0 Å². The normalized spacial score (nSPS) is 16.3. The first-order valence-electron chi connectivity index (χ1n) is 10.5. The lowest BCUT2D eigenvalue weighted by atomic mass is 9.97. The highest BCUT2D eigenvalue weighted by Gasteiger charge is 2.28. The molecule has 0 bridgehead atoms. The van der Waals surface area contributed by atoms with Crippen LogP contribution in [-0.4, -0.2) is 46.9 Å². The quantitative estimate of drug-likeness (QED) is 0.729. The number of rotatable bonds is 6. The molecule has 0 aromatic heterocycles. The molecule has 0 spiro atoms. The molecule has 2 atom stereocenters. The maximum absolute atomic E-state index is 14.2. The van der Waals surface area contributed by atoms with Gasteiger partial charge in [0.2, 0.25) is 0 Å². The number of carbonyl (C=O) groups is 1. The highest BCUT2D eigenvalue weighted by Crippen LogP contribution is 2.20. The third kappa shape index (κ3) is 6.74. The molecule has 2 aromatic carbocycles. The second-order valence-electron chi connectivity index (χ2n) is 9.01. The molecule has 1 amide bonds. The Kier molecular flexibility index (Phi) is 7.28. The van der Waals surface area contributed by atoms with Gasteiger partial charge in [0.05, 0.1) is 12.1 Å². The van der Waals surface area contributed by atoms with Crippen molar-refractivity contribution < 1.29 is 23.4 Å². The SMILES string of the molecule is CC(C)(C)OC(=O)N[C@H](Cc1cc(F)ccc1F)[C@@H](O)CN1CCc2ccccc2C1. The van der Waals surface area contributed by atoms with Gasteiger partial charge in [0.1, 0.15) is 17.2 Å². The number of halogens is 2. The zero-order valence-corrected chi connectivity index (χ0v) is 18.2. The second kappa shape index (κ2) is 9.75. The van der Waals surface area contributed by atoms with Gasteiger partial charge in [0.15, 0.2) is 0 Å². The van der Waals surface area contributed by atoms with Gasteiger partial charge < -0.3 is 15.2 Å². The number of hydrogen-bond acceptors (Lipinski definition) is 4. The van der Waals surface area contributed by atoms with E-state index >= 15 is 0 Å². The minimum absolute atomic E-state index is 0.0611. The number of benzene rings is 2. The van der Waals surface area contributed by atoms with Gasteiger partial charge in [-0.1, -0.05) is 24.3 Å². The lowest BCUT2D eigenvalue weighted by molar-refractivity contribution is 0.0353. The van der Waals surface area contributed by atoms with Crippen molar-refractivity contribution in [3.8, 4) is 0 Å². The number of amides is 1. The Labute approximate surface area is 182 Å². The molecule has 0 aliphatic carbocycles. The third-order valence-corrected chi connectivity index (χ3v) is 5.27. The zero-order chi connectivity index (χ0) is 22.6. The zero-order valence-electron chi connectivity index (χ0n) is 18.2. The Hall–Kier alpha value is -2.51. The summed E-state index contributed by atoms with van der Waals surface area (Å²) in [5.41, 5.74) is 1.86. The van der Waals surface area contributed by atoms with Crippen LogP contribution < -0.4 is 5.32 Å². The molecule has 168 valence electrons. The standard InChI is InChI=1S/C24H30F2N2O3/c1-24(2,3)31-23(30)27-21(13-18-12-19(25)8-9-20(18)26)22(29)15-28-11-10-16-6-4-5-7-17(16)14-28/h4-9,12,21-22,29H,10-11,13-15H2,1-3H3,(H,27,30)/t21-,22+/m1/s1. The topological polar surface area (TPSA) is 61.8 Å². The van der Waals surface area contributed by atoms with E-state index < -0.39 is 35.5 Å². The van der Waals surface area contributed by atoms with E-state index in [1.54, 1.807) is 20.8 Å². The summed E-state index contributed by atoms with van der Waals surface area (Å²) in [5.74, 6) is -1.16. The minimum Gasteiger partial charge on any atom is -0.444 e. The number of fused-ring (bicyclic) bond motifs is 1. The molecular weight excluding hydrogens is 402 g/mol. The maximum atomic E-state index is 14.2. The molecule has 0 fully saturated rings. The molecule has 31 heavy (non-hydrogen) atoms. The molecule has 5 nitrogen and oxygen atoms in total. The number of nitrogens with zero attached hydrogens (tertiary/aromatic N) is 1. The summed E-state index contributed by atoms with van der Waals surface area (Å²) in [7, 11) is 0. The number of aliphatic hydroxyl groups is 1. The Morgan fingerprint density at radius 2 is 1.90 bits per heavy atom. The fraction of sp³-hybridized carbons (Fsp3) is 0.458. The third-order valence-electron chi connectivity index (χ3n) is 5.27. The maximum Gasteiger partial charge on any atom is 0.407 e. The van der Waals surface area contributed by atoms with Crippen molar-refractivity contribution in [2.45, 2.75) is 57.9 Å². The van der Waals surface area contributed by atoms with Crippen molar-refractivity contribution in [2.24, 2.45) is 0 Å². The summed E-state index contributed by atoms with van der Waals surface area (Å²) in [4.78, 5) is 14.4. The lowest BCUT2D eigenvalue weighted by Crippen LogP contribution is -2.51. The molecule has 0 radical (unpaired) electrons. The van der Waals surface area contributed by atoms with E-state index in [9.17, 15) is 18.7 Å². The average molecular weight is 433 g/mol. The van der Waals surface area contributed by atoms with Gasteiger partial charge >= 0.3 is 6.09 Å². The highest BCUT2D eigenvalue weighted by atomic mass is 19.1. The van der Waals surface area contributed by atoms with Crippen LogP contribution in [0.1, 0.15) is 37.5 Å². The summed E-state index contributed by atoms with van der Waals surface area (Å²) < 4.78 is 33.2. The molecule has 1 aliphatic rings. The van der Waals surface area contributed by atoms with Crippen LogP contribution in [0.4, 0.5) is 13.6 Å². The van der Waals surface area contributed by atoms with E-state index in [4.69, 9.17) is 4.74 Å².